The third-order valence-electron chi connectivity index (χ3n) is 4.14. The molecule has 1 aliphatic rings. The van der Waals surface area contributed by atoms with Gasteiger partial charge in [-0.1, -0.05) is 0 Å². The lowest BCUT2D eigenvalue weighted by molar-refractivity contribution is 0.0740. The zero-order valence-corrected chi connectivity index (χ0v) is 15.2. The summed E-state index contributed by atoms with van der Waals surface area (Å²) < 4.78 is 0. The number of carbonyl (C=O) groups is 1. The summed E-state index contributed by atoms with van der Waals surface area (Å²) in [7, 11) is 4.03. The fourth-order valence-corrected chi connectivity index (χ4v) is 2.66. The molecule has 138 valence electrons. The fraction of sp³-hybridized carbons (Fsp3) is 0.471. The number of aromatic nitrogens is 4. The first-order valence-electron chi connectivity index (χ1n) is 8.65. The monoisotopic (exact) mass is 356 g/mol. The maximum atomic E-state index is 12.6. The van der Waals surface area contributed by atoms with Crippen molar-refractivity contribution in [3.8, 4) is 0 Å². The predicted octanol–water partition coefficient (Wildman–Crippen LogP) is 0.203. The fourth-order valence-electron chi connectivity index (χ4n) is 2.66. The van der Waals surface area contributed by atoms with Crippen LogP contribution in [0.15, 0.2) is 30.9 Å². The van der Waals surface area contributed by atoms with Crippen LogP contribution in [0.4, 0.5) is 11.8 Å². The Labute approximate surface area is 153 Å². The number of carbonyl (C=O) groups excluding carboxylic acids is 1. The van der Waals surface area contributed by atoms with E-state index in [0.717, 1.165) is 13.1 Å². The van der Waals surface area contributed by atoms with Gasteiger partial charge >= 0.3 is 0 Å². The molecule has 9 nitrogen and oxygen atoms in total. The standard InChI is InChI=1S/C17H24N8O/c1-23(2)7-6-18-15-13-21-14(12-22-15)16(26)24-8-10-25(11-9-24)17-19-4-3-5-20-17/h3-5,12-13H,6-11H2,1-2H3,(H,18,22). The quantitative estimate of drug-likeness (QED) is 0.785. The Hall–Kier alpha value is -2.81. The van der Waals surface area contributed by atoms with Crippen LogP contribution in [0.3, 0.4) is 0 Å². The molecule has 1 saturated heterocycles. The van der Waals surface area contributed by atoms with Gasteiger partial charge in [-0.05, 0) is 20.2 Å². The van der Waals surface area contributed by atoms with Gasteiger partial charge in [-0.3, -0.25) is 4.79 Å². The molecule has 1 fully saturated rings. The van der Waals surface area contributed by atoms with Gasteiger partial charge in [-0.2, -0.15) is 0 Å². The van der Waals surface area contributed by atoms with Gasteiger partial charge in [0.15, 0.2) is 0 Å². The van der Waals surface area contributed by atoms with E-state index in [9.17, 15) is 4.79 Å². The zero-order valence-electron chi connectivity index (χ0n) is 15.2. The number of anilines is 2. The van der Waals surface area contributed by atoms with E-state index >= 15 is 0 Å². The Morgan fingerprint density at radius 3 is 2.42 bits per heavy atom. The van der Waals surface area contributed by atoms with E-state index < -0.39 is 0 Å². The molecule has 0 radical (unpaired) electrons. The zero-order chi connectivity index (χ0) is 18.4. The minimum atomic E-state index is -0.0917. The van der Waals surface area contributed by atoms with E-state index in [1.807, 2.05) is 14.1 Å². The van der Waals surface area contributed by atoms with Crippen molar-refractivity contribution in [2.75, 3.05) is 63.6 Å². The van der Waals surface area contributed by atoms with Crippen LogP contribution in [-0.4, -0.2) is 89.0 Å². The molecule has 0 bridgehead atoms. The number of likely N-dealkylation sites (N-methyl/N-ethyl adjacent to an activating group) is 1. The highest BCUT2D eigenvalue weighted by Gasteiger charge is 2.24. The Balaban J connectivity index is 1.52. The Bertz CT molecular complexity index is 698. The molecule has 0 spiro atoms. The van der Waals surface area contributed by atoms with Gasteiger partial charge < -0.3 is 20.0 Å². The topological polar surface area (TPSA) is 90.4 Å². The van der Waals surface area contributed by atoms with Crippen LogP contribution < -0.4 is 10.2 Å². The molecule has 2 aromatic rings. The summed E-state index contributed by atoms with van der Waals surface area (Å²) in [6.45, 7) is 4.31. The summed E-state index contributed by atoms with van der Waals surface area (Å²) in [5.41, 5.74) is 0.368. The number of nitrogens with one attached hydrogen (secondary N) is 1. The highest BCUT2D eigenvalue weighted by molar-refractivity contribution is 5.92. The van der Waals surface area contributed by atoms with Gasteiger partial charge in [0.25, 0.3) is 5.91 Å². The number of rotatable bonds is 6. The Morgan fingerprint density at radius 1 is 1.08 bits per heavy atom. The van der Waals surface area contributed by atoms with Gasteiger partial charge in [0.2, 0.25) is 5.95 Å². The largest absolute Gasteiger partial charge is 0.368 e. The van der Waals surface area contributed by atoms with Gasteiger partial charge in [0.05, 0.1) is 12.4 Å². The summed E-state index contributed by atoms with van der Waals surface area (Å²) in [5.74, 6) is 1.29. The van der Waals surface area contributed by atoms with Crippen LogP contribution in [0, 0.1) is 0 Å². The second kappa shape index (κ2) is 8.52. The van der Waals surface area contributed by atoms with Crippen LogP contribution in [-0.2, 0) is 0 Å². The van der Waals surface area contributed by atoms with Crippen molar-refractivity contribution in [3.05, 3.63) is 36.5 Å². The maximum absolute atomic E-state index is 12.6. The molecule has 3 heterocycles. The molecule has 0 aliphatic carbocycles. The molecule has 9 heteroatoms. The molecule has 0 aromatic carbocycles. The number of hydrogen-bond donors (Lipinski definition) is 1. The Kier molecular flexibility index (Phi) is 5.90. The SMILES string of the molecule is CN(C)CCNc1cnc(C(=O)N2CCN(c3ncccn3)CC2)cn1. The lowest BCUT2D eigenvalue weighted by atomic mass is 10.3. The van der Waals surface area contributed by atoms with Crippen LogP contribution in [0.2, 0.25) is 0 Å². The van der Waals surface area contributed by atoms with E-state index in [-0.39, 0.29) is 5.91 Å². The van der Waals surface area contributed by atoms with E-state index in [1.165, 1.54) is 6.20 Å². The molecule has 1 aliphatic heterocycles. The average molecular weight is 356 g/mol. The van der Waals surface area contributed by atoms with E-state index in [1.54, 1.807) is 29.6 Å². The summed E-state index contributed by atoms with van der Waals surface area (Å²) in [4.78, 5) is 35.6. The summed E-state index contributed by atoms with van der Waals surface area (Å²) in [5, 5.41) is 3.18. The van der Waals surface area contributed by atoms with Gasteiger partial charge in [-0.15, -0.1) is 0 Å². The molecule has 0 unspecified atom stereocenters. The van der Waals surface area contributed by atoms with Crippen molar-refractivity contribution >= 4 is 17.7 Å². The minimum absolute atomic E-state index is 0.0917. The smallest absolute Gasteiger partial charge is 0.274 e. The second-order valence-corrected chi connectivity index (χ2v) is 6.34. The predicted molar refractivity (Wildman–Crippen MR) is 99.2 cm³/mol. The van der Waals surface area contributed by atoms with Crippen LogP contribution in [0.5, 0.6) is 0 Å². The third kappa shape index (κ3) is 4.63. The molecular formula is C17H24N8O. The highest BCUT2D eigenvalue weighted by Crippen LogP contribution is 2.12. The van der Waals surface area contributed by atoms with Crippen molar-refractivity contribution in [2.45, 2.75) is 0 Å². The first-order chi connectivity index (χ1) is 12.6. The van der Waals surface area contributed by atoms with Crippen molar-refractivity contribution < 1.29 is 4.79 Å². The van der Waals surface area contributed by atoms with Crippen molar-refractivity contribution in [3.63, 3.8) is 0 Å². The van der Waals surface area contributed by atoms with Crippen molar-refractivity contribution in [1.82, 2.24) is 29.7 Å². The lowest BCUT2D eigenvalue weighted by Crippen LogP contribution is -2.49. The van der Waals surface area contributed by atoms with Gasteiger partial charge in [-0.25, -0.2) is 19.9 Å². The molecule has 3 rings (SSSR count). The van der Waals surface area contributed by atoms with E-state index in [0.29, 0.717) is 43.6 Å². The molecule has 26 heavy (non-hydrogen) atoms. The average Bonchev–Trinajstić information content (AvgIpc) is 2.68. The highest BCUT2D eigenvalue weighted by atomic mass is 16.2. The normalized spacial score (nSPS) is 14.6. The lowest BCUT2D eigenvalue weighted by Gasteiger charge is -2.34. The second-order valence-electron chi connectivity index (χ2n) is 6.34. The summed E-state index contributed by atoms with van der Waals surface area (Å²) >= 11 is 0. The van der Waals surface area contributed by atoms with Gasteiger partial charge in [0, 0.05) is 51.7 Å². The van der Waals surface area contributed by atoms with Crippen molar-refractivity contribution in [1.29, 1.82) is 0 Å². The third-order valence-corrected chi connectivity index (χ3v) is 4.14. The van der Waals surface area contributed by atoms with Crippen LogP contribution in [0.1, 0.15) is 10.5 Å². The van der Waals surface area contributed by atoms with E-state index in [2.05, 4.69) is 35.1 Å². The van der Waals surface area contributed by atoms with Gasteiger partial charge in [0.1, 0.15) is 11.5 Å². The minimum Gasteiger partial charge on any atom is -0.368 e. The molecule has 1 amide bonds. The van der Waals surface area contributed by atoms with Crippen LogP contribution in [0.25, 0.3) is 0 Å². The number of amides is 1. The van der Waals surface area contributed by atoms with Crippen LogP contribution >= 0.6 is 0 Å². The molecule has 1 N–H and O–H groups in total. The van der Waals surface area contributed by atoms with Crippen molar-refractivity contribution in [2.24, 2.45) is 0 Å². The first-order valence-corrected chi connectivity index (χ1v) is 8.65. The number of piperazine rings is 1. The Morgan fingerprint density at radius 2 is 1.81 bits per heavy atom. The molecular weight excluding hydrogens is 332 g/mol. The first kappa shape index (κ1) is 18.0. The number of hydrogen-bond acceptors (Lipinski definition) is 8. The maximum Gasteiger partial charge on any atom is 0.274 e. The molecule has 0 saturated carbocycles. The molecule has 0 atom stereocenters. The molecule has 2 aromatic heterocycles. The van der Waals surface area contributed by atoms with E-state index in [4.69, 9.17) is 0 Å². The summed E-state index contributed by atoms with van der Waals surface area (Å²) in [6.07, 6.45) is 6.59. The number of nitrogens with zero attached hydrogens (tertiary/aromatic N) is 7. The summed E-state index contributed by atoms with van der Waals surface area (Å²) in [6, 6.07) is 1.79.